The molecule has 0 atom stereocenters. The molecule has 1 aliphatic rings. The molecule has 0 bridgehead atoms. The topological polar surface area (TPSA) is 84.8 Å². The Balaban J connectivity index is 1.80. The van der Waals surface area contributed by atoms with Crippen LogP contribution in [0.5, 0.6) is 5.75 Å². The van der Waals surface area contributed by atoms with Crippen molar-refractivity contribution in [3.63, 3.8) is 0 Å². The molecule has 2 aromatic carbocycles. The Bertz CT molecular complexity index is 1010. The maximum Gasteiger partial charge on any atom is 0.284 e. The minimum absolute atomic E-state index is 0.0396. The van der Waals surface area contributed by atoms with Crippen LogP contribution in [0.25, 0.3) is 6.08 Å². The highest BCUT2D eigenvalue weighted by Crippen LogP contribution is 2.28. The van der Waals surface area contributed by atoms with Gasteiger partial charge in [-0.15, -0.1) is 4.40 Å². The van der Waals surface area contributed by atoms with E-state index in [1.807, 2.05) is 38.1 Å². The predicted octanol–water partition coefficient (Wildman–Crippen LogP) is 3.34. The number of ether oxygens (including phenoxy) is 1. The number of sulfonamides is 1. The van der Waals surface area contributed by atoms with E-state index >= 15 is 0 Å². The van der Waals surface area contributed by atoms with Crippen LogP contribution in [0.1, 0.15) is 18.1 Å². The second kappa shape index (κ2) is 7.98. The fourth-order valence-corrected chi connectivity index (χ4v) is 4.31. The lowest BCUT2D eigenvalue weighted by molar-refractivity contribution is -0.115. The van der Waals surface area contributed by atoms with Gasteiger partial charge < -0.3 is 4.74 Å². The third-order valence-corrected chi connectivity index (χ3v) is 5.98. The Morgan fingerprint density at radius 1 is 1.11 bits per heavy atom. The summed E-state index contributed by atoms with van der Waals surface area (Å²) in [5.74, 6) is 0.362. The third kappa shape index (κ3) is 4.78. The Hall–Kier alpha value is -2.58. The molecule has 3 rings (SSSR count). The first kappa shape index (κ1) is 19.2. The molecule has 0 unspecified atom stereocenters. The van der Waals surface area contributed by atoms with Gasteiger partial charge in [0.2, 0.25) is 0 Å². The van der Waals surface area contributed by atoms with Gasteiger partial charge in [0.05, 0.1) is 16.4 Å². The summed E-state index contributed by atoms with van der Waals surface area (Å²) in [4.78, 5) is 12.6. The predicted molar refractivity (Wildman–Crippen MR) is 107 cm³/mol. The van der Waals surface area contributed by atoms with E-state index in [4.69, 9.17) is 4.74 Å². The summed E-state index contributed by atoms with van der Waals surface area (Å²) in [6.45, 7) is 4.35. The Morgan fingerprint density at radius 3 is 2.41 bits per heavy atom. The van der Waals surface area contributed by atoms with Crippen LogP contribution in [-0.2, 0) is 14.8 Å². The van der Waals surface area contributed by atoms with E-state index in [1.165, 1.54) is 12.1 Å². The number of nitrogens with zero attached hydrogens (tertiary/aromatic N) is 1. The van der Waals surface area contributed by atoms with Crippen molar-refractivity contribution in [2.75, 3.05) is 6.61 Å². The highest BCUT2D eigenvalue weighted by atomic mass is 32.2. The fraction of sp³-hybridized carbons (Fsp3) is 0.158. The maximum absolute atomic E-state index is 12.4. The molecule has 0 aliphatic carbocycles. The minimum atomic E-state index is -3.88. The molecule has 8 heteroatoms. The molecule has 140 valence electrons. The van der Waals surface area contributed by atoms with Gasteiger partial charge in [-0.25, -0.2) is 0 Å². The SMILES string of the molecule is CCOc1ccc(/C=C2\SC(=NS(=O)(=O)c3ccc(C)cc3)NC2=O)cc1. The number of thioether (sulfide) groups is 1. The first-order chi connectivity index (χ1) is 12.9. The van der Waals surface area contributed by atoms with E-state index in [0.29, 0.717) is 11.5 Å². The van der Waals surface area contributed by atoms with Crippen LogP contribution in [0.15, 0.2) is 62.7 Å². The molecular weight excluding hydrogens is 384 g/mol. The summed E-state index contributed by atoms with van der Waals surface area (Å²) in [6, 6.07) is 13.7. The van der Waals surface area contributed by atoms with Crippen LogP contribution in [0.4, 0.5) is 0 Å². The number of rotatable bonds is 5. The summed E-state index contributed by atoms with van der Waals surface area (Å²) in [6.07, 6.45) is 1.68. The average molecular weight is 402 g/mol. The molecule has 0 aromatic heterocycles. The number of benzene rings is 2. The molecule has 1 N–H and O–H groups in total. The zero-order valence-electron chi connectivity index (χ0n) is 14.8. The van der Waals surface area contributed by atoms with Gasteiger partial charge in [-0.05, 0) is 61.5 Å². The van der Waals surface area contributed by atoms with Crippen LogP contribution >= 0.6 is 11.8 Å². The summed E-state index contributed by atoms with van der Waals surface area (Å²) >= 11 is 0.993. The molecule has 0 spiro atoms. The molecule has 2 aromatic rings. The summed E-state index contributed by atoms with van der Waals surface area (Å²) in [7, 11) is -3.88. The van der Waals surface area contributed by atoms with E-state index in [0.717, 1.165) is 28.6 Å². The van der Waals surface area contributed by atoms with E-state index in [1.54, 1.807) is 18.2 Å². The van der Waals surface area contributed by atoms with Crippen molar-refractivity contribution in [1.29, 1.82) is 0 Å². The Kier molecular flexibility index (Phi) is 5.67. The van der Waals surface area contributed by atoms with Gasteiger partial charge in [0, 0.05) is 0 Å². The third-order valence-electron chi connectivity index (χ3n) is 3.66. The number of carbonyl (C=O) groups excluding carboxylic acids is 1. The summed E-state index contributed by atoms with van der Waals surface area (Å²) in [5, 5.41) is 2.53. The smallest absolute Gasteiger partial charge is 0.284 e. The normalized spacial score (nSPS) is 17.3. The van der Waals surface area contributed by atoms with Crippen LogP contribution < -0.4 is 10.1 Å². The van der Waals surface area contributed by atoms with E-state index in [-0.39, 0.29) is 16.0 Å². The molecular formula is C19H18N2O4S2. The van der Waals surface area contributed by atoms with Gasteiger partial charge in [-0.3, -0.25) is 10.1 Å². The molecule has 27 heavy (non-hydrogen) atoms. The van der Waals surface area contributed by atoms with Crippen molar-refractivity contribution in [3.8, 4) is 5.75 Å². The van der Waals surface area contributed by atoms with Gasteiger partial charge >= 0.3 is 0 Å². The van der Waals surface area contributed by atoms with Crippen LogP contribution in [0.3, 0.4) is 0 Å². The van der Waals surface area contributed by atoms with Gasteiger partial charge in [-0.1, -0.05) is 29.8 Å². The second-order valence-electron chi connectivity index (χ2n) is 5.75. The molecule has 0 radical (unpaired) electrons. The summed E-state index contributed by atoms with van der Waals surface area (Å²) < 4.78 is 33.9. The van der Waals surface area contributed by atoms with Crippen LogP contribution in [0.2, 0.25) is 0 Å². The van der Waals surface area contributed by atoms with Crippen molar-refractivity contribution in [1.82, 2.24) is 5.32 Å². The van der Waals surface area contributed by atoms with Crippen LogP contribution in [-0.4, -0.2) is 26.1 Å². The molecule has 1 fully saturated rings. The van der Waals surface area contributed by atoms with E-state index < -0.39 is 10.0 Å². The van der Waals surface area contributed by atoms with Crippen molar-refractivity contribution in [2.24, 2.45) is 4.40 Å². The Morgan fingerprint density at radius 2 is 1.78 bits per heavy atom. The van der Waals surface area contributed by atoms with Gasteiger partial charge in [-0.2, -0.15) is 8.42 Å². The highest BCUT2D eigenvalue weighted by Gasteiger charge is 2.26. The number of amidine groups is 1. The average Bonchev–Trinajstić information content (AvgIpc) is 2.95. The largest absolute Gasteiger partial charge is 0.494 e. The van der Waals surface area contributed by atoms with Gasteiger partial charge in [0.25, 0.3) is 15.9 Å². The number of nitrogens with one attached hydrogen (secondary N) is 1. The quantitative estimate of drug-likeness (QED) is 0.776. The van der Waals surface area contributed by atoms with Crippen molar-refractivity contribution in [2.45, 2.75) is 18.7 Å². The second-order valence-corrected chi connectivity index (χ2v) is 8.39. The Labute approximate surface area is 162 Å². The standard InChI is InChI=1S/C19H18N2O4S2/c1-3-25-15-8-6-14(7-9-15)12-17-18(22)20-19(26-17)21-27(23,24)16-10-4-13(2)5-11-16/h4-12H,3H2,1-2H3,(H,20,21,22)/b17-12-. The van der Waals surface area contributed by atoms with Crippen molar-refractivity contribution < 1.29 is 17.9 Å². The molecule has 1 saturated heterocycles. The number of amides is 1. The van der Waals surface area contributed by atoms with E-state index in [9.17, 15) is 13.2 Å². The van der Waals surface area contributed by atoms with Crippen LogP contribution in [0, 0.1) is 6.92 Å². The molecule has 1 aliphatic heterocycles. The summed E-state index contributed by atoms with van der Waals surface area (Å²) in [5.41, 5.74) is 1.75. The number of aryl methyl sites for hydroxylation is 1. The zero-order chi connectivity index (χ0) is 19.4. The number of hydrogen-bond acceptors (Lipinski definition) is 5. The highest BCUT2D eigenvalue weighted by molar-refractivity contribution is 8.19. The fourth-order valence-electron chi connectivity index (χ4n) is 2.32. The minimum Gasteiger partial charge on any atom is -0.494 e. The van der Waals surface area contributed by atoms with Crippen molar-refractivity contribution >= 4 is 38.9 Å². The molecule has 0 saturated carbocycles. The lowest BCUT2D eigenvalue weighted by Crippen LogP contribution is -2.20. The monoisotopic (exact) mass is 402 g/mol. The lowest BCUT2D eigenvalue weighted by atomic mass is 10.2. The van der Waals surface area contributed by atoms with Gasteiger partial charge in [0.15, 0.2) is 5.17 Å². The maximum atomic E-state index is 12.4. The molecule has 1 heterocycles. The zero-order valence-corrected chi connectivity index (χ0v) is 16.4. The molecule has 6 nitrogen and oxygen atoms in total. The van der Waals surface area contributed by atoms with Crippen molar-refractivity contribution in [3.05, 3.63) is 64.6 Å². The first-order valence-electron chi connectivity index (χ1n) is 8.23. The molecule has 1 amide bonds. The van der Waals surface area contributed by atoms with Gasteiger partial charge in [0.1, 0.15) is 5.75 Å². The number of carbonyl (C=O) groups is 1. The first-order valence-corrected chi connectivity index (χ1v) is 10.5. The number of hydrogen-bond donors (Lipinski definition) is 1. The lowest BCUT2D eigenvalue weighted by Gasteiger charge is -2.02. The van der Waals surface area contributed by atoms with E-state index in [2.05, 4.69) is 9.71 Å².